The molecular formula is C11H16BrNS. The first kappa shape index (κ1) is 10.6. The molecule has 0 spiro atoms. The molecule has 0 aliphatic heterocycles. The predicted molar refractivity (Wildman–Crippen MR) is 65.4 cm³/mol. The van der Waals surface area contributed by atoms with E-state index in [2.05, 4.69) is 36.7 Å². The number of alkyl halides is 1. The Hall–Kier alpha value is 0.110. The van der Waals surface area contributed by atoms with Crippen molar-refractivity contribution < 1.29 is 0 Å². The number of hydrogen-bond donors (Lipinski definition) is 0. The van der Waals surface area contributed by atoms with Crippen LogP contribution in [0.4, 0.5) is 0 Å². The van der Waals surface area contributed by atoms with Gasteiger partial charge in [-0.25, -0.2) is 4.98 Å². The fraction of sp³-hybridized carbons (Fsp3) is 0.727. The van der Waals surface area contributed by atoms with Crippen molar-refractivity contribution >= 4 is 27.3 Å². The van der Waals surface area contributed by atoms with E-state index in [4.69, 9.17) is 4.98 Å². The molecule has 1 saturated carbocycles. The first-order valence-electron chi connectivity index (χ1n) is 5.08. The lowest BCUT2D eigenvalue weighted by molar-refractivity contribution is 0.583. The second-order valence-electron chi connectivity index (χ2n) is 4.99. The van der Waals surface area contributed by atoms with Crippen LogP contribution in [0.15, 0.2) is 0 Å². The second-order valence-corrected chi connectivity index (χ2v) is 6.63. The topological polar surface area (TPSA) is 12.9 Å². The minimum Gasteiger partial charge on any atom is -0.245 e. The molecule has 1 aromatic heterocycles. The summed E-state index contributed by atoms with van der Waals surface area (Å²) >= 11 is 5.43. The quantitative estimate of drug-likeness (QED) is 0.736. The fourth-order valence-electron chi connectivity index (χ4n) is 1.46. The molecule has 0 saturated heterocycles. The molecule has 1 aromatic rings. The van der Waals surface area contributed by atoms with E-state index in [1.165, 1.54) is 28.4 Å². The van der Waals surface area contributed by atoms with Crippen molar-refractivity contribution in [3.8, 4) is 0 Å². The van der Waals surface area contributed by atoms with E-state index in [0.29, 0.717) is 0 Å². The Kier molecular flexibility index (Phi) is 2.73. The molecule has 1 nitrogen and oxygen atoms in total. The number of halogens is 1. The molecule has 1 fully saturated rings. The van der Waals surface area contributed by atoms with Gasteiger partial charge in [0.1, 0.15) is 0 Å². The highest BCUT2D eigenvalue weighted by Crippen LogP contribution is 2.44. The van der Waals surface area contributed by atoms with Crippen LogP contribution in [0.2, 0.25) is 0 Å². The molecule has 0 N–H and O–H groups in total. The Balaban J connectivity index is 2.35. The zero-order chi connectivity index (χ0) is 10.3. The Morgan fingerprint density at radius 2 is 2.07 bits per heavy atom. The van der Waals surface area contributed by atoms with Crippen LogP contribution in [-0.2, 0) is 10.7 Å². The van der Waals surface area contributed by atoms with E-state index >= 15 is 0 Å². The Morgan fingerprint density at radius 1 is 1.43 bits per heavy atom. The average Bonchev–Trinajstić information content (AvgIpc) is 2.82. The van der Waals surface area contributed by atoms with Crippen LogP contribution >= 0.6 is 27.3 Å². The van der Waals surface area contributed by atoms with Gasteiger partial charge in [-0.05, 0) is 12.8 Å². The smallest absolute Gasteiger partial charge is 0.0985 e. The molecule has 78 valence electrons. The van der Waals surface area contributed by atoms with Crippen LogP contribution in [0.25, 0.3) is 0 Å². The average molecular weight is 274 g/mol. The molecule has 0 unspecified atom stereocenters. The van der Waals surface area contributed by atoms with Gasteiger partial charge in [-0.3, -0.25) is 0 Å². The van der Waals surface area contributed by atoms with Crippen LogP contribution in [-0.4, -0.2) is 4.98 Å². The molecule has 1 aliphatic rings. The van der Waals surface area contributed by atoms with E-state index in [0.717, 1.165) is 11.2 Å². The van der Waals surface area contributed by atoms with E-state index in [-0.39, 0.29) is 5.41 Å². The summed E-state index contributed by atoms with van der Waals surface area (Å²) in [6.45, 7) is 6.71. The van der Waals surface area contributed by atoms with Gasteiger partial charge < -0.3 is 0 Å². The third kappa shape index (κ3) is 2.03. The Labute approximate surface area is 98.1 Å². The van der Waals surface area contributed by atoms with Crippen molar-refractivity contribution in [1.29, 1.82) is 0 Å². The molecule has 0 atom stereocenters. The van der Waals surface area contributed by atoms with Crippen molar-refractivity contribution in [2.45, 2.75) is 50.3 Å². The van der Waals surface area contributed by atoms with Gasteiger partial charge in [-0.15, -0.1) is 11.3 Å². The maximum Gasteiger partial charge on any atom is 0.0985 e. The summed E-state index contributed by atoms with van der Waals surface area (Å²) < 4.78 is 0. The lowest BCUT2D eigenvalue weighted by atomic mass is 9.98. The molecule has 0 amide bonds. The SMILES string of the molecule is CC(C)(C)c1nc(C2CC2)c(CBr)s1. The van der Waals surface area contributed by atoms with Crippen molar-refractivity contribution in [3.63, 3.8) is 0 Å². The summed E-state index contributed by atoms with van der Waals surface area (Å²) in [5.74, 6) is 0.773. The first-order valence-corrected chi connectivity index (χ1v) is 7.02. The molecule has 3 heteroatoms. The molecule has 1 heterocycles. The summed E-state index contributed by atoms with van der Waals surface area (Å²) in [7, 11) is 0. The third-order valence-electron chi connectivity index (χ3n) is 2.45. The summed E-state index contributed by atoms with van der Waals surface area (Å²) in [5, 5.41) is 2.25. The third-order valence-corrected chi connectivity index (χ3v) is 4.88. The zero-order valence-corrected chi connectivity index (χ0v) is 11.3. The van der Waals surface area contributed by atoms with Gasteiger partial charge in [0.2, 0.25) is 0 Å². The van der Waals surface area contributed by atoms with Gasteiger partial charge in [-0.1, -0.05) is 36.7 Å². The van der Waals surface area contributed by atoms with Gasteiger partial charge in [0.25, 0.3) is 0 Å². The largest absolute Gasteiger partial charge is 0.245 e. The highest BCUT2D eigenvalue weighted by molar-refractivity contribution is 9.08. The van der Waals surface area contributed by atoms with Crippen molar-refractivity contribution in [2.24, 2.45) is 0 Å². The molecule has 1 aliphatic carbocycles. The van der Waals surface area contributed by atoms with Crippen molar-refractivity contribution in [1.82, 2.24) is 4.98 Å². The normalized spacial score (nSPS) is 17.4. The molecular weight excluding hydrogens is 258 g/mol. The van der Waals surface area contributed by atoms with Gasteiger partial charge in [0, 0.05) is 21.5 Å². The van der Waals surface area contributed by atoms with Gasteiger partial charge in [0.15, 0.2) is 0 Å². The van der Waals surface area contributed by atoms with Crippen molar-refractivity contribution in [2.75, 3.05) is 0 Å². The molecule has 14 heavy (non-hydrogen) atoms. The second kappa shape index (κ2) is 3.60. The molecule has 0 aromatic carbocycles. The van der Waals surface area contributed by atoms with Gasteiger partial charge in [0.05, 0.1) is 10.7 Å². The summed E-state index contributed by atoms with van der Waals surface area (Å²) in [4.78, 5) is 6.24. The van der Waals surface area contributed by atoms with E-state index in [1.807, 2.05) is 11.3 Å². The Bertz CT molecular complexity index is 334. The molecule has 0 radical (unpaired) electrons. The van der Waals surface area contributed by atoms with E-state index in [1.54, 1.807) is 0 Å². The lowest BCUT2D eigenvalue weighted by Crippen LogP contribution is -2.10. The van der Waals surface area contributed by atoms with Gasteiger partial charge >= 0.3 is 0 Å². The van der Waals surface area contributed by atoms with Crippen LogP contribution in [0.1, 0.15) is 55.1 Å². The fourth-order valence-corrected chi connectivity index (χ4v) is 3.14. The summed E-state index contributed by atoms with van der Waals surface area (Å²) in [6, 6.07) is 0. The molecule has 2 rings (SSSR count). The minimum atomic E-state index is 0.203. The van der Waals surface area contributed by atoms with E-state index in [9.17, 15) is 0 Å². The van der Waals surface area contributed by atoms with Crippen LogP contribution in [0.3, 0.4) is 0 Å². The number of thiazole rings is 1. The highest BCUT2D eigenvalue weighted by atomic mass is 79.9. The van der Waals surface area contributed by atoms with Crippen LogP contribution < -0.4 is 0 Å². The predicted octanol–water partition coefficient (Wildman–Crippen LogP) is 4.21. The Morgan fingerprint density at radius 3 is 2.50 bits per heavy atom. The maximum atomic E-state index is 4.80. The van der Waals surface area contributed by atoms with Crippen LogP contribution in [0.5, 0.6) is 0 Å². The number of aromatic nitrogens is 1. The van der Waals surface area contributed by atoms with Crippen molar-refractivity contribution in [3.05, 3.63) is 15.6 Å². The number of hydrogen-bond acceptors (Lipinski definition) is 2. The maximum absolute atomic E-state index is 4.80. The van der Waals surface area contributed by atoms with E-state index < -0.39 is 0 Å². The van der Waals surface area contributed by atoms with Gasteiger partial charge in [-0.2, -0.15) is 0 Å². The number of nitrogens with zero attached hydrogens (tertiary/aromatic N) is 1. The standard InChI is InChI=1S/C11H16BrNS/c1-11(2,3)10-13-9(7-4-5-7)8(6-12)14-10/h7H,4-6H2,1-3H3. The number of rotatable bonds is 2. The zero-order valence-electron chi connectivity index (χ0n) is 8.93. The first-order chi connectivity index (χ1) is 6.52. The minimum absolute atomic E-state index is 0.203. The van der Waals surface area contributed by atoms with Crippen LogP contribution in [0, 0.1) is 0 Å². The highest BCUT2D eigenvalue weighted by Gasteiger charge is 2.31. The summed E-state index contributed by atoms with van der Waals surface area (Å²) in [5.41, 5.74) is 1.58. The molecule has 0 bridgehead atoms. The lowest BCUT2D eigenvalue weighted by Gasteiger charge is -2.13. The summed E-state index contributed by atoms with van der Waals surface area (Å²) in [6.07, 6.45) is 2.68. The monoisotopic (exact) mass is 273 g/mol.